The first kappa shape index (κ1) is 11.9. The first-order valence-electron chi connectivity index (χ1n) is 6.25. The van der Waals surface area contributed by atoms with E-state index < -0.39 is 0 Å². The number of hydrogen-bond acceptors (Lipinski definition) is 3. The molecule has 3 atom stereocenters. The van der Waals surface area contributed by atoms with Crippen molar-refractivity contribution in [1.82, 2.24) is 4.98 Å². The molecule has 0 bridgehead atoms. The Labute approximate surface area is 103 Å². The second kappa shape index (κ2) is 4.75. The number of nitrogens with one attached hydrogen (secondary N) is 1. The maximum Gasteiger partial charge on any atom is 0.127 e. The van der Waals surface area contributed by atoms with Gasteiger partial charge in [-0.2, -0.15) is 5.26 Å². The van der Waals surface area contributed by atoms with E-state index in [9.17, 15) is 0 Å². The molecule has 0 aromatic carbocycles. The van der Waals surface area contributed by atoms with Crippen molar-refractivity contribution in [3.05, 3.63) is 23.4 Å². The van der Waals surface area contributed by atoms with Crippen LogP contribution in [0.15, 0.2) is 12.1 Å². The lowest BCUT2D eigenvalue weighted by Crippen LogP contribution is -2.24. The number of pyridine rings is 1. The third-order valence-electron chi connectivity index (χ3n) is 3.88. The molecule has 0 spiro atoms. The van der Waals surface area contributed by atoms with E-state index in [-0.39, 0.29) is 0 Å². The summed E-state index contributed by atoms with van der Waals surface area (Å²) < 4.78 is 0. The first-order valence-corrected chi connectivity index (χ1v) is 6.25. The Hall–Kier alpha value is -1.56. The van der Waals surface area contributed by atoms with Gasteiger partial charge in [-0.05, 0) is 43.7 Å². The summed E-state index contributed by atoms with van der Waals surface area (Å²) in [6, 6.07) is 6.31. The van der Waals surface area contributed by atoms with E-state index >= 15 is 0 Å². The first-order chi connectivity index (χ1) is 8.10. The molecule has 0 amide bonds. The Balaban J connectivity index is 2.14. The van der Waals surface area contributed by atoms with Crippen LogP contribution in [0.3, 0.4) is 0 Å². The Morgan fingerprint density at radius 1 is 1.35 bits per heavy atom. The minimum Gasteiger partial charge on any atom is -0.367 e. The molecule has 2 rings (SSSR count). The fraction of sp³-hybridized carbons (Fsp3) is 0.571. The Morgan fingerprint density at radius 2 is 2.12 bits per heavy atom. The number of anilines is 1. The highest BCUT2D eigenvalue weighted by molar-refractivity contribution is 5.45. The van der Waals surface area contributed by atoms with E-state index in [0.29, 0.717) is 17.5 Å². The summed E-state index contributed by atoms with van der Waals surface area (Å²) in [5, 5.41) is 12.4. The fourth-order valence-corrected chi connectivity index (χ4v) is 2.57. The number of hydrogen-bond donors (Lipinski definition) is 1. The van der Waals surface area contributed by atoms with Crippen molar-refractivity contribution in [1.29, 1.82) is 5.26 Å². The van der Waals surface area contributed by atoms with Crippen LogP contribution < -0.4 is 5.32 Å². The monoisotopic (exact) mass is 229 g/mol. The lowest BCUT2D eigenvalue weighted by Gasteiger charge is -2.20. The molecule has 90 valence electrons. The molecule has 1 heterocycles. The number of aryl methyl sites for hydroxylation is 1. The average Bonchev–Trinajstić information content (AvgIpc) is 2.60. The highest BCUT2D eigenvalue weighted by Crippen LogP contribution is 2.33. The van der Waals surface area contributed by atoms with Crippen LogP contribution in [0.5, 0.6) is 0 Å². The number of nitrogens with zero attached hydrogens (tertiary/aromatic N) is 2. The van der Waals surface area contributed by atoms with Gasteiger partial charge < -0.3 is 5.32 Å². The molecule has 1 fully saturated rings. The van der Waals surface area contributed by atoms with E-state index in [4.69, 9.17) is 5.26 Å². The van der Waals surface area contributed by atoms with Gasteiger partial charge in [-0.25, -0.2) is 4.98 Å². The van der Waals surface area contributed by atoms with Crippen molar-refractivity contribution < 1.29 is 0 Å². The molecule has 1 saturated carbocycles. The zero-order valence-electron chi connectivity index (χ0n) is 10.7. The molecule has 1 aliphatic rings. The molecule has 0 saturated heterocycles. The summed E-state index contributed by atoms with van der Waals surface area (Å²) in [5.41, 5.74) is 1.57. The number of rotatable bonds is 2. The minimum atomic E-state index is 0.492. The lowest BCUT2D eigenvalue weighted by molar-refractivity contribution is 0.435. The molecule has 1 aliphatic carbocycles. The molecule has 3 heteroatoms. The SMILES string of the molecule is Cc1cc(C#N)cc(NC2CCC(C)C2C)n1. The van der Waals surface area contributed by atoms with Gasteiger partial charge in [-0.1, -0.05) is 13.8 Å². The van der Waals surface area contributed by atoms with Gasteiger partial charge in [0.05, 0.1) is 11.6 Å². The van der Waals surface area contributed by atoms with Gasteiger partial charge in [-0.3, -0.25) is 0 Å². The van der Waals surface area contributed by atoms with Gasteiger partial charge in [0.1, 0.15) is 5.82 Å². The van der Waals surface area contributed by atoms with E-state index in [2.05, 4.69) is 30.2 Å². The molecular weight excluding hydrogens is 210 g/mol. The third-order valence-corrected chi connectivity index (χ3v) is 3.88. The third kappa shape index (κ3) is 2.58. The van der Waals surface area contributed by atoms with Crippen LogP contribution in [-0.2, 0) is 0 Å². The summed E-state index contributed by atoms with van der Waals surface area (Å²) in [6.45, 7) is 6.51. The zero-order chi connectivity index (χ0) is 12.4. The van der Waals surface area contributed by atoms with Gasteiger partial charge in [-0.15, -0.1) is 0 Å². The predicted octanol–water partition coefficient (Wildman–Crippen LogP) is 3.11. The second-order valence-corrected chi connectivity index (χ2v) is 5.16. The highest BCUT2D eigenvalue weighted by atomic mass is 15.0. The van der Waals surface area contributed by atoms with Crippen molar-refractivity contribution >= 4 is 5.82 Å². The normalized spacial score (nSPS) is 27.8. The Bertz CT molecular complexity index is 447. The Morgan fingerprint density at radius 3 is 2.71 bits per heavy atom. The van der Waals surface area contributed by atoms with Crippen LogP contribution in [0.4, 0.5) is 5.82 Å². The highest BCUT2D eigenvalue weighted by Gasteiger charge is 2.29. The van der Waals surface area contributed by atoms with Crippen LogP contribution in [-0.4, -0.2) is 11.0 Å². The van der Waals surface area contributed by atoms with Gasteiger partial charge >= 0.3 is 0 Å². The summed E-state index contributed by atoms with van der Waals surface area (Å²) in [7, 11) is 0. The Kier molecular flexibility index (Phi) is 3.33. The van der Waals surface area contributed by atoms with Crippen molar-refractivity contribution in [3.8, 4) is 6.07 Å². The van der Waals surface area contributed by atoms with Crippen LogP contribution >= 0.6 is 0 Å². The molecule has 1 N–H and O–H groups in total. The largest absolute Gasteiger partial charge is 0.367 e. The van der Waals surface area contributed by atoms with Gasteiger partial charge in [0.15, 0.2) is 0 Å². The molecule has 0 radical (unpaired) electrons. The van der Waals surface area contributed by atoms with E-state index in [1.54, 1.807) is 0 Å². The summed E-state index contributed by atoms with van der Waals surface area (Å²) in [5.74, 6) is 2.28. The summed E-state index contributed by atoms with van der Waals surface area (Å²) in [6.07, 6.45) is 2.47. The standard InChI is InChI=1S/C14H19N3/c1-9-4-5-13(11(9)3)17-14-7-12(8-15)6-10(2)16-14/h6-7,9,11,13H,4-5H2,1-3H3,(H,16,17). The van der Waals surface area contributed by atoms with Gasteiger partial charge in [0.2, 0.25) is 0 Å². The van der Waals surface area contributed by atoms with Crippen molar-refractivity contribution in [2.75, 3.05) is 5.32 Å². The topological polar surface area (TPSA) is 48.7 Å². The minimum absolute atomic E-state index is 0.492. The fourth-order valence-electron chi connectivity index (χ4n) is 2.57. The number of aromatic nitrogens is 1. The smallest absolute Gasteiger partial charge is 0.127 e. The molecule has 3 unspecified atom stereocenters. The average molecular weight is 229 g/mol. The van der Waals surface area contributed by atoms with E-state index in [1.165, 1.54) is 12.8 Å². The van der Waals surface area contributed by atoms with Gasteiger partial charge in [0, 0.05) is 11.7 Å². The quantitative estimate of drug-likeness (QED) is 0.847. The maximum absolute atomic E-state index is 8.94. The molecular formula is C14H19N3. The van der Waals surface area contributed by atoms with Crippen molar-refractivity contribution in [2.24, 2.45) is 11.8 Å². The zero-order valence-corrected chi connectivity index (χ0v) is 10.7. The van der Waals surface area contributed by atoms with Crippen LogP contribution in [0.1, 0.15) is 37.9 Å². The molecule has 0 aliphatic heterocycles. The van der Waals surface area contributed by atoms with Crippen molar-refractivity contribution in [2.45, 2.75) is 39.7 Å². The van der Waals surface area contributed by atoms with Crippen LogP contribution in [0.25, 0.3) is 0 Å². The van der Waals surface area contributed by atoms with Crippen LogP contribution in [0, 0.1) is 30.1 Å². The molecule has 1 aromatic rings. The van der Waals surface area contributed by atoms with E-state index in [1.807, 2.05) is 19.1 Å². The molecule has 3 nitrogen and oxygen atoms in total. The summed E-state index contributed by atoms with van der Waals surface area (Å²) in [4.78, 5) is 4.44. The van der Waals surface area contributed by atoms with Crippen molar-refractivity contribution in [3.63, 3.8) is 0 Å². The summed E-state index contributed by atoms with van der Waals surface area (Å²) >= 11 is 0. The second-order valence-electron chi connectivity index (χ2n) is 5.16. The molecule has 1 aromatic heterocycles. The van der Waals surface area contributed by atoms with Crippen LogP contribution in [0.2, 0.25) is 0 Å². The number of nitriles is 1. The van der Waals surface area contributed by atoms with Gasteiger partial charge in [0.25, 0.3) is 0 Å². The lowest BCUT2D eigenvalue weighted by atomic mass is 9.98. The predicted molar refractivity (Wildman–Crippen MR) is 68.7 cm³/mol. The maximum atomic E-state index is 8.94. The molecule has 17 heavy (non-hydrogen) atoms. The van der Waals surface area contributed by atoms with E-state index in [0.717, 1.165) is 17.4 Å².